The average Bonchev–Trinajstić information content (AvgIpc) is 2.82. The van der Waals surface area contributed by atoms with Crippen molar-refractivity contribution in [1.29, 1.82) is 0 Å². The van der Waals surface area contributed by atoms with E-state index in [4.69, 9.17) is 4.74 Å². The minimum absolute atomic E-state index is 0.240. The van der Waals surface area contributed by atoms with Crippen molar-refractivity contribution in [2.24, 2.45) is 0 Å². The average molecular weight is 285 g/mol. The van der Waals surface area contributed by atoms with Crippen LogP contribution < -0.4 is 10.6 Å². The van der Waals surface area contributed by atoms with Gasteiger partial charge in [0.05, 0.1) is 13.2 Å². The third-order valence-electron chi connectivity index (χ3n) is 2.97. The van der Waals surface area contributed by atoms with E-state index in [-0.39, 0.29) is 6.03 Å². The molecular weight excluding hydrogens is 266 g/mol. The second kappa shape index (κ2) is 6.78. The number of aryl methyl sites for hydroxylation is 1. The molecule has 8 heteroatoms. The van der Waals surface area contributed by atoms with Gasteiger partial charge in [0.2, 0.25) is 5.13 Å². The molecule has 0 bridgehead atoms. The van der Waals surface area contributed by atoms with Crippen LogP contribution in [0.25, 0.3) is 0 Å². The summed E-state index contributed by atoms with van der Waals surface area (Å²) in [7, 11) is 0. The van der Waals surface area contributed by atoms with Gasteiger partial charge in [0, 0.05) is 25.7 Å². The predicted molar refractivity (Wildman–Crippen MR) is 73.5 cm³/mol. The van der Waals surface area contributed by atoms with Gasteiger partial charge in [-0.15, -0.1) is 10.2 Å². The zero-order valence-electron chi connectivity index (χ0n) is 11.2. The largest absolute Gasteiger partial charge is 0.379 e. The van der Waals surface area contributed by atoms with E-state index < -0.39 is 0 Å². The van der Waals surface area contributed by atoms with Crippen LogP contribution >= 0.6 is 11.3 Å². The quantitative estimate of drug-likeness (QED) is 0.851. The van der Waals surface area contributed by atoms with Crippen molar-refractivity contribution in [2.45, 2.75) is 19.9 Å². The summed E-state index contributed by atoms with van der Waals surface area (Å²) >= 11 is 1.36. The summed E-state index contributed by atoms with van der Waals surface area (Å²) in [5.74, 6) is 0. The highest BCUT2D eigenvalue weighted by Crippen LogP contribution is 2.13. The van der Waals surface area contributed by atoms with Gasteiger partial charge in [-0.3, -0.25) is 10.2 Å². The number of anilines is 1. The first kappa shape index (κ1) is 14.2. The Morgan fingerprint density at radius 3 is 2.84 bits per heavy atom. The molecule has 0 aliphatic carbocycles. The van der Waals surface area contributed by atoms with Crippen LogP contribution in [0, 0.1) is 6.92 Å². The van der Waals surface area contributed by atoms with E-state index in [0.717, 1.165) is 31.3 Å². The molecule has 1 aromatic rings. The van der Waals surface area contributed by atoms with Crippen molar-refractivity contribution >= 4 is 22.5 Å². The van der Waals surface area contributed by atoms with Gasteiger partial charge in [0.15, 0.2) is 0 Å². The Bertz CT molecular complexity index is 419. The monoisotopic (exact) mass is 285 g/mol. The first-order valence-corrected chi connectivity index (χ1v) is 7.13. The summed E-state index contributed by atoms with van der Waals surface area (Å²) in [4.78, 5) is 14.0. The van der Waals surface area contributed by atoms with E-state index in [2.05, 4.69) is 32.7 Å². The summed E-state index contributed by atoms with van der Waals surface area (Å²) in [6.07, 6.45) is 0. The van der Waals surface area contributed by atoms with Crippen LogP contribution in [0.15, 0.2) is 0 Å². The third-order valence-corrected chi connectivity index (χ3v) is 3.73. The molecule has 0 saturated carbocycles. The highest BCUT2D eigenvalue weighted by atomic mass is 32.1. The number of morpholine rings is 1. The highest BCUT2D eigenvalue weighted by molar-refractivity contribution is 7.15. The molecular formula is C11H19N5O2S. The van der Waals surface area contributed by atoms with E-state index in [1.165, 1.54) is 11.3 Å². The van der Waals surface area contributed by atoms with Gasteiger partial charge in [-0.05, 0) is 13.8 Å². The summed E-state index contributed by atoms with van der Waals surface area (Å²) in [6.45, 7) is 7.91. The summed E-state index contributed by atoms with van der Waals surface area (Å²) in [5, 5.41) is 14.6. The molecule has 106 valence electrons. The van der Waals surface area contributed by atoms with E-state index in [1.54, 1.807) is 0 Å². The molecule has 0 unspecified atom stereocenters. The van der Waals surface area contributed by atoms with Gasteiger partial charge in [-0.25, -0.2) is 4.79 Å². The standard InChI is InChI=1S/C11H19N5O2S/c1-8(16-3-5-18-6-4-16)7-12-10(17)13-11-15-14-9(2)19-11/h8H,3-7H2,1-2H3,(H2,12,13,15,17)/t8-/m1/s1. The fourth-order valence-electron chi connectivity index (χ4n) is 1.88. The van der Waals surface area contributed by atoms with Crippen LogP contribution in [0.4, 0.5) is 9.93 Å². The van der Waals surface area contributed by atoms with Gasteiger partial charge in [-0.1, -0.05) is 11.3 Å². The molecule has 0 aromatic carbocycles. The Hall–Kier alpha value is -1.25. The Kier molecular flexibility index (Phi) is 5.06. The van der Waals surface area contributed by atoms with Crippen molar-refractivity contribution in [3.63, 3.8) is 0 Å². The number of ether oxygens (including phenoxy) is 1. The fourth-order valence-corrected chi connectivity index (χ4v) is 2.46. The molecule has 2 amide bonds. The Labute approximate surface area is 116 Å². The van der Waals surface area contributed by atoms with E-state index >= 15 is 0 Å². The number of hydrogen-bond donors (Lipinski definition) is 2. The fraction of sp³-hybridized carbons (Fsp3) is 0.727. The van der Waals surface area contributed by atoms with Crippen LogP contribution in [0.2, 0.25) is 0 Å². The maximum Gasteiger partial charge on any atom is 0.321 e. The van der Waals surface area contributed by atoms with Crippen molar-refractivity contribution in [3.8, 4) is 0 Å². The molecule has 1 fully saturated rings. The first-order valence-electron chi connectivity index (χ1n) is 6.32. The van der Waals surface area contributed by atoms with E-state index in [1.807, 2.05) is 6.92 Å². The minimum atomic E-state index is -0.240. The van der Waals surface area contributed by atoms with Gasteiger partial charge in [0.1, 0.15) is 5.01 Å². The number of hydrogen-bond acceptors (Lipinski definition) is 6. The number of aromatic nitrogens is 2. The number of carbonyl (C=O) groups is 1. The number of amides is 2. The lowest BCUT2D eigenvalue weighted by Gasteiger charge is -2.32. The van der Waals surface area contributed by atoms with Gasteiger partial charge < -0.3 is 10.1 Å². The minimum Gasteiger partial charge on any atom is -0.379 e. The van der Waals surface area contributed by atoms with Gasteiger partial charge >= 0.3 is 6.03 Å². The second-order valence-electron chi connectivity index (χ2n) is 4.46. The van der Waals surface area contributed by atoms with Crippen LogP contribution in [-0.2, 0) is 4.74 Å². The van der Waals surface area contributed by atoms with Crippen molar-refractivity contribution in [2.75, 3.05) is 38.2 Å². The first-order chi connectivity index (χ1) is 9.15. The topological polar surface area (TPSA) is 79.4 Å². The third kappa shape index (κ3) is 4.41. The number of rotatable bonds is 4. The molecule has 0 radical (unpaired) electrons. The summed E-state index contributed by atoms with van der Waals surface area (Å²) in [6, 6.07) is 0.0575. The highest BCUT2D eigenvalue weighted by Gasteiger charge is 2.17. The number of nitrogens with one attached hydrogen (secondary N) is 2. The van der Waals surface area contributed by atoms with Crippen LogP contribution in [0.5, 0.6) is 0 Å². The summed E-state index contributed by atoms with van der Waals surface area (Å²) < 4.78 is 5.30. The molecule has 2 heterocycles. The maximum atomic E-state index is 11.7. The van der Waals surface area contributed by atoms with Crippen LogP contribution in [-0.4, -0.2) is 60.0 Å². The van der Waals surface area contributed by atoms with E-state index in [9.17, 15) is 4.79 Å². The molecule has 1 saturated heterocycles. The molecule has 1 atom stereocenters. The maximum absolute atomic E-state index is 11.7. The predicted octanol–water partition coefficient (Wildman–Crippen LogP) is 0.689. The lowest BCUT2D eigenvalue weighted by molar-refractivity contribution is 0.0209. The second-order valence-corrected chi connectivity index (χ2v) is 5.64. The Morgan fingerprint density at radius 2 is 2.21 bits per heavy atom. The number of carbonyl (C=O) groups excluding carboxylic acids is 1. The lowest BCUT2D eigenvalue weighted by Crippen LogP contribution is -2.47. The zero-order chi connectivity index (χ0) is 13.7. The SMILES string of the molecule is Cc1nnc(NC(=O)NC[C@@H](C)N2CCOCC2)s1. The smallest absolute Gasteiger partial charge is 0.321 e. The number of urea groups is 1. The Morgan fingerprint density at radius 1 is 1.47 bits per heavy atom. The van der Waals surface area contributed by atoms with Crippen molar-refractivity contribution in [3.05, 3.63) is 5.01 Å². The van der Waals surface area contributed by atoms with Crippen LogP contribution in [0.3, 0.4) is 0 Å². The molecule has 2 N–H and O–H groups in total. The molecule has 7 nitrogen and oxygen atoms in total. The lowest BCUT2D eigenvalue weighted by atomic mass is 10.2. The molecule has 19 heavy (non-hydrogen) atoms. The summed E-state index contributed by atoms with van der Waals surface area (Å²) in [5.41, 5.74) is 0. The van der Waals surface area contributed by atoms with Crippen LogP contribution in [0.1, 0.15) is 11.9 Å². The zero-order valence-corrected chi connectivity index (χ0v) is 12.0. The van der Waals surface area contributed by atoms with Crippen molar-refractivity contribution < 1.29 is 9.53 Å². The Balaban J connectivity index is 1.70. The molecule has 1 aliphatic rings. The number of nitrogens with zero attached hydrogens (tertiary/aromatic N) is 3. The molecule has 1 aromatic heterocycles. The molecule has 2 rings (SSSR count). The molecule has 1 aliphatic heterocycles. The molecule has 0 spiro atoms. The van der Waals surface area contributed by atoms with E-state index in [0.29, 0.717) is 17.7 Å². The normalized spacial score (nSPS) is 18.0. The van der Waals surface area contributed by atoms with Gasteiger partial charge in [-0.2, -0.15) is 0 Å². The van der Waals surface area contributed by atoms with Crippen molar-refractivity contribution in [1.82, 2.24) is 20.4 Å². The van der Waals surface area contributed by atoms with Gasteiger partial charge in [0.25, 0.3) is 0 Å².